The van der Waals surface area contributed by atoms with E-state index in [-0.39, 0.29) is 23.5 Å². The molecule has 4 rings (SSSR count). The zero-order chi connectivity index (χ0) is 21.5. The van der Waals surface area contributed by atoms with Crippen molar-refractivity contribution in [1.29, 1.82) is 0 Å². The Balaban J connectivity index is 1.51. The van der Waals surface area contributed by atoms with Crippen LogP contribution in [-0.4, -0.2) is 37.7 Å². The van der Waals surface area contributed by atoms with Crippen molar-refractivity contribution in [3.63, 3.8) is 0 Å². The molecule has 0 fully saturated rings. The highest BCUT2D eigenvalue weighted by Crippen LogP contribution is 2.42. The number of nitrogens with zero attached hydrogens (tertiary/aromatic N) is 2. The number of amides is 2. The molecule has 2 aromatic carbocycles. The monoisotopic (exact) mass is 444 g/mol. The minimum absolute atomic E-state index is 0.0254. The van der Waals surface area contributed by atoms with Crippen LogP contribution in [0.3, 0.4) is 0 Å². The molecular formula is C20H20N4O4S2. The average molecular weight is 445 g/mol. The highest BCUT2D eigenvalue weighted by atomic mass is 32.2. The second-order valence-electron chi connectivity index (χ2n) is 7.27. The molecule has 2 aliphatic rings. The third-order valence-corrected chi connectivity index (χ3v) is 6.95. The van der Waals surface area contributed by atoms with Crippen molar-refractivity contribution in [3.05, 3.63) is 48.0 Å². The van der Waals surface area contributed by atoms with Crippen LogP contribution in [0.1, 0.15) is 24.2 Å². The molecule has 2 heterocycles. The van der Waals surface area contributed by atoms with Gasteiger partial charge in [-0.2, -0.15) is 0 Å². The zero-order valence-electron chi connectivity index (χ0n) is 16.4. The molecular weight excluding hydrogens is 424 g/mol. The average Bonchev–Trinajstić information content (AvgIpc) is 3.03. The van der Waals surface area contributed by atoms with Gasteiger partial charge in [-0.05, 0) is 48.2 Å². The molecule has 0 aliphatic carbocycles. The van der Waals surface area contributed by atoms with Crippen LogP contribution in [-0.2, 0) is 14.8 Å². The molecule has 0 spiro atoms. The second kappa shape index (κ2) is 7.77. The van der Waals surface area contributed by atoms with Gasteiger partial charge in [0.15, 0.2) is 5.17 Å². The van der Waals surface area contributed by atoms with Crippen molar-refractivity contribution in [2.75, 3.05) is 27.8 Å². The van der Waals surface area contributed by atoms with E-state index >= 15 is 0 Å². The maximum atomic E-state index is 12.7. The molecule has 0 atom stereocenters. The summed E-state index contributed by atoms with van der Waals surface area (Å²) in [6.45, 7) is 3.96. The Bertz CT molecular complexity index is 1180. The van der Waals surface area contributed by atoms with Gasteiger partial charge < -0.3 is 15.5 Å². The Morgan fingerprint density at radius 1 is 1.10 bits per heavy atom. The van der Waals surface area contributed by atoms with E-state index in [0.717, 1.165) is 10.6 Å². The van der Waals surface area contributed by atoms with E-state index in [2.05, 4.69) is 15.0 Å². The Morgan fingerprint density at radius 2 is 1.83 bits per heavy atom. The van der Waals surface area contributed by atoms with E-state index in [1.54, 1.807) is 56.3 Å². The number of carbonyl (C=O) groups is 2. The molecule has 10 heteroatoms. The number of benzene rings is 2. The van der Waals surface area contributed by atoms with Crippen LogP contribution in [0, 0.1) is 5.92 Å². The fourth-order valence-corrected chi connectivity index (χ4v) is 5.33. The molecule has 156 valence electrons. The molecule has 0 saturated heterocycles. The van der Waals surface area contributed by atoms with Crippen LogP contribution in [0.5, 0.6) is 0 Å². The molecule has 0 saturated carbocycles. The first-order chi connectivity index (χ1) is 14.2. The van der Waals surface area contributed by atoms with Gasteiger partial charge in [-0.15, -0.1) is 4.40 Å². The smallest absolute Gasteiger partial charge is 0.257 e. The van der Waals surface area contributed by atoms with Crippen molar-refractivity contribution < 1.29 is 18.0 Å². The summed E-state index contributed by atoms with van der Waals surface area (Å²) in [5.41, 5.74) is 2.46. The topological polar surface area (TPSA) is 108 Å². The summed E-state index contributed by atoms with van der Waals surface area (Å²) >= 11 is 1.24. The number of hydrogen-bond acceptors (Lipinski definition) is 6. The molecule has 0 bridgehead atoms. The van der Waals surface area contributed by atoms with E-state index in [9.17, 15) is 18.0 Å². The lowest BCUT2D eigenvalue weighted by Crippen LogP contribution is -2.35. The molecule has 2 amide bonds. The number of hydrogen-bond donors (Lipinski definition) is 2. The van der Waals surface area contributed by atoms with E-state index in [1.807, 2.05) is 4.90 Å². The van der Waals surface area contributed by atoms with Gasteiger partial charge in [0.2, 0.25) is 5.91 Å². The molecule has 30 heavy (non-hydrogen) atoms. The lowest BCUT2D eigenvalue weighted by molar-refractivity contribution is -0.118. The quantitative estimate of drug-likeness (QED) is 0.750. The number of nitrogens with one attached hydrogen (secondary N) is 2. The summed E-state index contributed by atoms with van der Waals surface area (Å²) in [7, 11) is -3.42. The number of carbonyl (C=O) groups excluding carboxylic acids is 2. The third kappa shape index (κ3) is 4.19. The molecule has 2 N–H and O–H groups in total. The second-order valence-corrected chi connectivity index (χ2v) is 10.0. The van der Waals surface area contributed by atoms with Crippen molar-refractivity contribution >= 4 is 55.8 Å². The Hall–Kier alpha value is -2.85. The predicted molar refractivity (Wildman–Crippen MR) is 119 cm³/mol. The summed E-state index contributed by atoms with van der Waals surface area (Å²) < 4.78 is 27.3. The number of anilines is 3. The summed E-state index contributed by atoms with van der Waals surface area (Å²) in [6, 6.07) is 12.2. The minimum Gasteiger partial charge on any atom is -0.326 e. The van der Waals surface area contributed by atoms with E-state index in [0.29, 0.717) is 28.7 Å². The van der Waals surface area contributed by atoms with Gasteiger partial charge in [0.25, 0.3) is 15.9 Å². The van der Waals surface area contributed by atoms with E-state index in [4.69, 9.17) is 0 Å². The fraction of sp³-hybridized carbons (Fsp3) is 0.250. The Labute approximate surface area is 178 Å². The van der Waals surface area contributed by atoms with Crippen molar-refractivity contribution in [1.82, 2.24) is 0 Å². The highest BCUT2D eigenvalue weighted by molar-refractivity contribution is 8.15. The summed E-state index contributed by atoms with van der Waals surface area (Å²) in [5, 5.41) is 6.05. The number of fused-ring (bicyclic) bond motifs is 3. The number of amidine groups is 1. The van der Waals surface area contributed by atoms with Crippen LogP contribution in [0.2, 0.25) is 0 Å². The Morgan fingerprint density at radius 3 is 2.57 bits per heavy atom. The van der Waals surface area contributed by atoms with Crippen molar-refractivity contribution in [3.8, 4) is 0 Å². The van der Waals surface area contributed by atoms with Gasteiger partial charge in [0.05, 0.1) is 11.4 Å². The fourth-order valence-electron chi connectivity index (χ4n) is 3.04. The third-order valence-electron chi connectivity index (χ3n) is 4.65. The normalized spacial score (nSPS) is 16.5. The van der Waals surface area contributed by atoms with Gasteiger partial charge >= 0.3 is 0 Å². The number of thioether (sulfide) groups is 1. The van der Waals surface area contributed by atoms with Gasteiger partial charge in [-0.3, -0.25) is 9.59 Å². The lowest BCUT2D eigenvalue weighted by Gasteiger charge is -2.22. The van der Waals surface area contributed by atoms with Gasteiger partial charge in [-0.1, -0.05) is 19.9 Å². The molecule has 8 nitrogen and oxygen atoms in total. The van der Waals surface area contributed by atoms with Crippen LogP contribution in [0.25, 0.3) is 0 Å². The van der Waals surface area contributed by atoms with E-state index in [1.165, 1.54) is 11.8 Å². The first-order valence-corrected chi connectivity index (χ1v) is 11.8. The van der Waals surface area contributed by atoms with Crippen molar-refractivity contribution in [2.24, 2.45) is 10.3 Å². The molecule has 2 aliphatic heterocycles. The number of sulfonamides is 1. The summed E-state index contributed by atoms with van der Waals surface area (Å²) in [5.74, 6) is -0.575. The predicted octanol–water partition coefficient (Wildman–Crippen LogP) is 3.14. The van der Waals surface area contributed by atoms with Crippen molar-refractivity contribution in [2.45, 2.75) is 18.7 Å². The van der Waals surface area contributed by atoms with Crippen LogP contribution in [0.15, 0.2) is 51.8 Å². The van der Waals surface area contributed by atoms with E-state index < -0.39 is 10.0 Å². The molecule has 2 aromatic rings. The molecule has 0 unspecified atom stereocenters. The maximum Gasteiger partial charge on any atom is 0.257 e. The Kier molecular flexibility index (Phi) is 5.29. The van der Waals surface area contributed by atoms with Gasteiger partial charge in [-0.25, -0.2) is 8.42 Å². The zero-order valence-corrected chi connectivity index (χ0v) is 18.0. The van der Waals surface area contributed by atoms with Crippen LogP contribution in [0.4, 0.5) is 17.1 Å². The van der Waals surface area contributed by atoms with Gasteiger partial charge in [0, 0.05) is 34.3 Å². The lowest BCUT2D eigenvalue weighted by atomic mass is 10.1. The highest BCUT2D eigenvalue weighted by Gasteiger charge is 2.33. The summed E-state index contributed by atoms with van der Waals surface area (Å²) in [4.78, 5) is 27.2. The first kappa shape index (κ1) is 20.4. The summed E-state index contributed by atoms with van der Waals surface area (Å²) in [6.07, 6.45) is 0. The SMILES string of the molecule is CC(C)C(=O)Nc1cccc(NC(=O)c2ccc3c(c2)SC2=NS(=O)(=O)CCN23)c1. The molecule has 0 radical (unpaired) electrons. The number of rotatable bonds is 4. The first-order valence-electron chi connectivity index (χ1n) is 9.36. The maximum absolute atomic E-state index is 12.7. The van der Waals surface area contributed by atoms with Gasteiger partial charge in [0.1, 0.15) is 0 Å². The largest absolute Gasteiger partial charge is 0.326 e. The molecule has 0 aromatic heterocycles. The van der Waals surface area contributed by atoms with Crippen LogP contribution >= 0.6 is 11.8 Å². The van der Waals surface area contributed by atoms with Crippen LogP contribution < -0.4 is 15.5 Å². The standard InChI is InChI=1S/C20H20N4O4S2/c1-12(2)18(25)21-14-4-3-5-15(11-14)22-19(26)13-6-7-16-17(10-13)29-20-23-30(27,28)9-8-24(16)20/h3-7,10-12H,8-9H2,1-2H3,(H,21,25)(H,22,26). The minimum atomic E-state index is -3.42.